The number of carbonyl (C=O) groups excluding carboxylic acids is 1. The molecule has 2 N–H and O–H groups in total. The van der Waals surface area contributed by atoms with E-state index >= 15 is 0 Å². The Morgan fingerprint density at radius 2 is 2.04 bits per heavy atom. The monoisotopic (exact) mass is 334 g/mol. The average Bonchev–Trinajstić information content (AvgIpc) is 2.57. The molecule has 0 aromatic heterocycles. The van der Waals surface area contributed by atoms with Crippen LogP contribution in [-0.4, -0.2) is 48.0 Å². The summed E-state index contributed by atoms with van der Waals surface area (Å²) in [6.45, 7) is 5.75. The van der Waals surface area contributed by atoms with Gasteiger partial charge in [0, 0.05) is 38.2 Å². The molecule has 1 aliphatic rings. The third kappa shape index (κ3) is 5.49. The minimum Gasteiger partial charge on any atom is -0.379 e. The lowest BCUT2D eigenvalue weighted by atomic mass is 10.0. The van der Waals surface area contributed by atoms with Crippen LogP contribution in [0.1, 0.15) is 32.6 Å². The van der Waals surface area contributed by atoms with Crippen LogP contribution in [0.25, 0.3) is 0 Å². The minimum atomic E-state index is -0.424. The average molecular weight is 334 g/mol. The molecule has 24 heavy (non-hydrogen) atoms. The van der Waals surface area contributed by atoms with E-state index in [9.17, 15) is 14.9 Å². The molecule has 1 saturated heterocycles. The molecule has 1 aromatic carbocycles. The maximum Gasteiger partial charge on any atom is 0.292 e. The Hall–Kier alpha value is -2.15. The Bertz CT molecular complexity index is 557. The second-order valence-electron chi connectivity index (χ2n) is 6.13. The number of carbonyl (C=O) groups is 1. The fourth-order valence-corrected chi connectivity index (χ4v) is 3.01. The molecule has 132 valence electrons. The number of anilines is 1. The molecule has 0 unspecified atom stereocenters. The number of nitrogens with one attached hydrogen (secondary N) is 2. The predicted molar refractivity (Wildman–Crippen MR) is 94.1 cm³/mol. The lowest BCUT2D eigenvalue weighted by molar-refractivity contribution is -0.384. The normalized spacial score (nSPS) is 15.9. The van der Waals surface area contributed by atoms with Crippen molar-refractivity contribution in [2.75, 3.05) is 31.5 Å². The molecular weight excluding hydrogens is 308 g/mol. The minimum absolute atomic E-state index is 0.00461. The van der Waals surface area contributed by atoms with E-state index in [-0.39, 0.29) is 17.6 Å². The van der Waals surface area contributed by atoms with Crippen LogP contribution in [0.3, 0.4) is 0 Å². The molecule has 0 radical (unpaired) electrons. The van der Waals surface area contributed by atoms with E-state index in [1.165, 1.54) is 6.07 Å². The molecule has 2 rings (SSSR count). The molecule has 0 spiro atoms. The van der Waals surface area contributed by atoms with Crippen LogP contribution in [0.15, 0.2) is 24.3 Å². The second-order valence-corrected chi connectivity index (χ2v) is 6.13. The first kappa shape index (κ1) is 18.2. The Morgan fingerprint density at radius 3 is 2.71 bits per heavy atom. The summed E-state index contributed by atoms with van der Waals surface area (Å²) in [5.41, 5.74) is 0.476. The molecular formula is C17H26N4O3. The summed E-state index contributed by atoms with van der Waals surface area (Å²) in [4.78, 5) is 25.0. The quantitative estimate of drug-likeness (QED) is 0.563. The zero-order valence-corrected chi connectivity index (χ0v) is 14.2. The largest absolute Gasteiger partial charge is 0.379 e. The van der Waals surface area contributed by atoms with Crippen molar-refractivity contribution in [3.63, 3.8) is 0 Å². The highest BCUT2D eigenvalue weighted by atomic mass is 16.6. The first-order valence-electron chi connectivity index (χ1n) is 8.59. The van der Waals surface area contributed by atoms with Crippen LogP contribution >= 0.6 is 0 Å². The number of nitro benzene ring substituents is 1. The summed E-state index contributed by atoms with van der Waals surface area (Å²) in [6, 6.07) is 6.71. The van der Waals surface area contributed by atoms with Gasteiger partial charge in [0.05, 0.1) is 4.92 Å². The zero-order valence-electron chi connectivity index (χ0n) is 14.2. The number of likely N-dealkylation sites (tertiary alicyclic amines) is 1. The van der Waals surface area contributed by atoms with Gasteiger partial charge in [-0.25, -0.2) is 0 Å². The lowest BCUT2D eigenvalue weighted by Crippen LogP contribution is -2.45. The van der Waals surface area contributed by atoms with Crippen LogP contribution in [0.4, 0.5) is 11.4 Å². The van der Waals surface area contributed by atoms with Crippen molar-refractivity contribution in [1.29, 1.82) is 0 Å². The van der Waals surface area contributed by atoms with E-state index in [1.54, 1.807) is 18.2 Å². The number of para-hydroxylation sites is 2. The molecule has 7 heteroatoms. The summed E-state index contributed by atoms with van der Waals surface area (Å²) in [5, 5.41) is 17.0. The number of amides is 1. The Morgan fingerprint density at radius 1 is 1.33 bits per heavy atom. The van der Waals surface area contributed by atoms with Gasteiger partial charge in [0.15, 0.2) is 0 Å². The van der Waals surface area contributed by atoms with Crippen molar-refractivity contribution in [1.82, 2.24) is 10.2 Å². The molecule has 0 atom stereocenters. The van der Waals surface area contributed by atoms with E-state index < -0.39 is 4.92 Å². The van der Waals surface area contributed by atoms with Crippen molar-refractivity contribution in [3.8, 4) is 0 Å². The number of nitro groups is 1. The third-order valence-corrected chi connectivity index (χ3v) is 4.26. The Kier molecular flexibility index (Phi) is 6.99. The fourth-order valence-electron chi connectivity index (χ4n) is 3.01. The fraction of sp³-hybridized carbons (Fsp3) is 0.588. The summed E-state index contributed by atoms with van der Waals surface area (Å²) in [7, 11) is 0. The van der Waals surface area contributed by atoms with Gasteiger partial charge in [-0.05, 0) is 31.9 Å². The highest BCUT2D eigenvalue weighted by Crippen LogP contribution is 2.22. The third-order valence-electron chi connectivity index (χ3n) is 4.26. The van der Waals surface area contributed by atoms with Gasteiger partial charge < -0.3 is 15.5 Å². The summed E-state index contributed by atoms with van der Waals surface area (Å²) < 4.78 is 0. The smallest absolute Gasteiger partial charge is 0.292 e. The van der Waals surface area contributed by atoms with Crippen LogP contribution < -0.4 is 10.6 Å². The van der Waals surface area contributed by atoms with Crippen molar-refractivity contribution in [3.05, 3.63) is 34.4 Å². The molecule has 1 aromatic rings. The predicted octanol–water partition coefficient (Wildman–Crippen LogP) is 2.39. The first-order valence-corrected chi connectivity index (χ1v) is 8.59. The Balaban J connectivity index is 1.70. The van der Waals surface area contributed by atoms with Crippen molar-refractivity contribution < 1.29 is 9.72 Å². The van der Waals surface area contributed by atoms with Gasteiger partial charge in [-0.3, -0.25) is 14.9 Å². The molecule has 0 saturated carbocycles. The maximum absolute atomic E-state index is 12.0. The molecule has 1 aliphatic heterocycles. The topological polar surface area (TPSA) is 87.5 Å². The van der Waals surface area contributed by atoms with Gasteiger partial charge in [-0.2, -0.15) is 0 Å². The molecule has 1 amide bonds. The van der Waals surface area contributed by atoms with Gasteiger partial charge in [0.2, 0.25) is 5.91 Å². The second kappa shape index (κ2) is 9.22. The van der Waals surface area contributed by atoms with E-state index in [2.05, 4.69) is 22.5 Å². The summed E-state index contributed by atoms with van der Waals surface area (Å²) in [6.07, 6.45) is 3.45. The van der Waals surface area contributed by atoms with Gasteiger partial charge in [0.25, 0.3) is 5.69 Å². The standard InChI is InChI=1S/C17H26N4O3/c1-2-11-20-12-8-14(9-13-20)19-17(22)7-10-18-15-5-3-4-6-16(15)21(23)24/h3-6,14,18H,2,7-13H2,1H3,(H,19,22). The number of rotatable bonds is 8. The summed E-state index contributed by atoms with van der Waals surface area (Å²) in [5.74, 6) is -0.00461. The van der Waals surface area contributed by atoms with Gasteiger partial charge in [-0.1, -0.05) is 19.1 Å². The first-order chi connectivity index (χ1) is 11.6. The van der Waals surface area contributed by atoms with Crippen LogP contribution in [-0.2, 0) is 4.79 Å². The van der Waals surface area contributed by atoms with Crippen LogP contribution in [0.2, 0.25) is 0 Å². The van der Waals surface area contributed by atoms with Crippen molar-refractivity contribution in [2.45, 2.75) is 38.6 Å². The van der Waals surface area contributed by atoms with Crippen molar-refractivity contribution in [2.24, 2.45) is 0 Å². The number of hydrogen-bond donors (Lipinski definition) is 2. The number of benzene rings is 1. The SMILES string of the molecule is CCCN1CCC(NC(=O)CCNc2ccccc2[N+](=O)[O-])CC1. The highest BCUT2D eigenvalue weighted by molar-refractivity contribution is 5.77. The number of piperidine rings is 1. The van der Waals surface area contributed by atoms with E-state index in [0.717, 1.165) is 38.9 Å². The number of nitrogens with zero attached hydrogens (tertiary/aromatic N) is 2. The highest BCUT2D eigenvalue weighted by Gasteiger charge is 2.20. The van der Waals surface area contributed by atoms with E-state index in [0.29, 0.717) is 18.7 Å². The van der Waals surface area contributed by atoms with Crippen LogP contribution in [0, 0.1) is 10.1 Å². The van der Waals surface area contributed by atoms with Crippen molar-refractivity contribution >= 4 is 17.3 Å². The summed E-state index contributed by atoms with van der Waals surface area (Å²) >= 11 is 0. The molecule has 7 nitrogen and oxygen atoms in total. The lowest BCUT2D eigenvalue weighted by Gasteiger charge is -2.32. The van der Waals surface area contributed by atoms with E-state index in [4.69, 9.17) is 0 Å². The van der Waals surface area contributed by atoms with Gasteiger partial charge in [-0.15, -0.1) is 0 Å². The number of hydrogen-bond acceptors (Lipinski definition) is 5. The molecule has 0 aliphatic carbocycles. The molecule has 1 heterocycles. The van der Waals surface area contributed by atoms with Crippen LogP contribution in [0.5, 0.6) is 0 Å². The van der Waals surface area contributed by atoms with E-state index in [1.807, 2.05) is 0 Å². The molecule has 1 fully saturated rings. The van der Waals surface area contributed by atoms with Gasteiger partial charge >= 0.3 is 0 Å². The van der Waals surface area contributed by atoms with Gasteiger partial charge in [0.1, 0.15) is 5.69 Å². The molecule has 0 bridgehead atoms. The zero-order chi connectivity index (χ0) is 17.4. The Labute approximate surface area is 142 Å². The maximum atomic E-state index is 12.0.